The lowest BCUT2D eigenvalue weighted by Crippen LogP contribution is -2.34. The van der Waals surface area contributed by atoms with Crippen molar-refractivity contribution in [3.63, 3.8) is 0 Å². The molecule has 1 aliphatic rings. The second-order valence-electron chi connectivity index (χ2n) is 7.93. The number of pyridine rings is 1. The topological polar surface area (TPSA) is 95.6 Å². The van der Waals surface area contributed by atoms with Crippen LogP contribution in [0, 0.1) is 24.1 Å². The van der Waals surface area contributed by atoms with Gasteiger partial charge in [-0.1, -0.05) is 18.2 Å². The van der Waals surface area contributed by atoms with Crippen molar-refractivity contribution in [1.82, 2.24) is 24.7 Å². The SMILES string of the molecule is Cc1nc(NCc2cccc(C(F)F)c2F)c2cc(N3CCn4nc(C#N)cc4C3)ncc2n1. The van der Waals surface area contributed by atoms with E-state index in [1.165, 1.54) is 12.1 Å². The fourth-order valence-electron chi connectivity index (χ4n) is 4.05. The number of aromatic nitrogens is 5. The minimum atomic E-state index is -2.89. The summed E-state index contributed by atoms with van der Waals surface area (Å²) in [4.78, 5) is 15.5. The molecule has 0 unspecified atom stereocenters. The van der Waals surface area contributed by atoms with E-state index in [0.29, 0.717) is 53.7 Å². The second kappa shape index (κ2) is 8.62. The summed E-state index contributed by atoms with van der Waals surface area (Å²) in [5, 5.41) is 17.1. The van der Waals surface area contributed by atoms with Crippen molar-refractivity contribution >= 4 is 22.5 Å². The number of halogens is 3. The van der Waals surface area contributed by atoms with Gasteiger partial charge in [0.1, 0.15) is 29.3 Å². The molecule has 0 amide bonds. The van der Waals surface area contributed by atoms with Crippen LogP contribution in [0.25, 0.3) is 10.9 Å². The van der Waals surface area contributed by atoms with E-state index in [1.54, 1.807) is 19.2 Å². The molecular formula is C23H19F3N8. The van der Waals surface area contributed by atoms with E-state index in [2.05, 4.69) is 36.3 Å². The second-order valence-corrected chi connectivity index (χ2v) is 7.93. The predicted octanol–water partition coefficient (Wildman–Crippen LogP) is 4.11. The summed E-state index contributed by atoms with van der Waals surface area (Å²) in [7, 11) is 0. The lowest BCUT2D eigenvalue weighted by molar-refractivity contribution is 0.146. The van der Waals surface area contributed by atoms with Crippen LogP contribution in [0.15, 0.2) is 36.5 Å². The van der Waals surface area contributed by atoms with Crippen molar-refractivity contribution in [2.45, 2.75) is 33.0 Å². The van der Waals surface area contributed by atoms with Gasteiger partial charge >= 0.3 is 0 Å². The number of hydrogen-bond donors (Lipinski definition) is 1. The van der Waals surface area contributed by atoms with E-state index < -0.39 is 17.8 Å². The Morgan fingerprint density at radius 1 is 1.21 bits per heavy atom. The van der Waals surface area contributed by atoms with Crippen LogP contribution in [-0.2, 0) is 19.6 Å². The average molecular weight is 464 g/mol. The number of fused-ring (bicyclic) bond motifs is 2. The van der Waals surface area contributed by atoms with Gasteiger partial charge in [-0.25, -0.2) is 28.1 Å². The molecule has 3 aromatic heterocycles. The van der Waals surface area contributed by atoms with Crippen molar-refractivity contribution in [3.05, 3.63) is 70.7 Å². The van der Waals surface area contributed by atoms with Gasteiger partial charge in [0.25, 0.3) is 6.43 Å². The fraction of sp³-hybridized carbons (Fsp3) is 0.261. The standard InChI is InChI=1S/C23H19F3N8/c1-13-30-19-11-28-20(33-5-6-34-16(12-33)7-15(9-27)32-34)8-18(19)23(31-13)29-10-14-3-2-4-17(21(14)24)22(25)26/h2-4,7-8,11,22H,5-6,10,12H2,1H3,(H,29,30,31). The molecule has 0 fully saturated rings. The van der Waals surface area contributed by atoms with Gasteiger partial charge in [-0.15, -0.1) is 0 Å². The van der Waals surface area contributed by atoms with Crippen LogP contribution in [0.3, 0.4) is 0 Å². The summed E-state index contributed by atoms with van der Waals surface area (Å²) in [5.41, 5.74) is 1.39. The Labute approximate surface area is 192 Å². The zero-order chi connectivity index (χ0) is 23.8. The van der Waals surface area contributed by atoms with Crippen LogP contribution >= 0.6 is 0 Å². The number of anilines is 2. The average Bonchev–Trinajstić information content (AvgIpc) is 3.25. The first-order chi connectivity index (χ1) is 16.4. The van der Waals surface area contributed by atoms with E-state index in [1.807, 2.05) is 10.7 Å². The van der Waals surface area contributed by atoms with E-state index >= 15 is 0 Å². The molecule has 0 aliphatic carbocycles. The molecule has 0 radical (unpaired) electrons. The maximum atomic E-state index is 14.5. The monoisotopic (exact) mass is 464 g/mol. The van der Waals surface area contributed by atoms with Gasteiger partial charge in [-0.2, -0.15) is 10.4 Å². The minimum absolute atomic E-state index is 0.0184. The number of hydrogen-bond acceptors (Lipinski definition) is 7. The van der Waals surface area contributed by atoms with Crippen LogP contribution in [0.4, 0.5) is 24.8 Å². The Bertz CT molecular complexity index is 1430. The molecule has 1 aromatic carbocycles. The Hall–Kier alpha value is -4.20. The Morgan fingerprint density at radius 2 is 2.06 bits per heavy atom. The molecule has 0 spiro atoms. The van der Waals surface area contributed by atoms with Gasteiger partial charge < -0.3 is 10.2 Å². The molecule has 1 N–H and O–H groups in total. The summed E-state index contributed by atoms with van der Waals surface area (Å²) in [6, 6.07) is 9.61. The van der Waals surface area contributed by atoms with Crippen LogP contribution in [0.1, 0.15) is 34.8 Å². The molecule has 0 saturated heterocycles. The predicted molar refractivity (Wildman–Crippen MR) is 119 cm³/mol. The van der Waals surface area contributed by atoms with Crippen LogP contribution in [-0.4, -0.2) is 31.3 Å². The third-order valence-corrected chi connectivity index (χ3v) is 5.71. The summed E-state index contributed by atoms with van der Waals surface area (Å²) < 4.78 is 42.4. The van der Waals surface area contributed by atoms with Gasteiger partial charge in [0.2, 0.25) is 0 Å². The molecule has 0 atom stereocenters. The highest BCUT2D eigenvalue weighted by atomic mass is 19.3. The number of rotatable bonds is 5. The van der Waals surface area contributed by atoms with Gasteiger partial charge in [0, 0.05) is 24.0 Å². The summed E-state index contributed by atoms with van der Waals surface area (Å²) >= 11 is 0. The Morgan fingerprint density at radius 3 is 2.85 bits per heavy atom. The molecule has 8 nitrogen and oxygen atoms in total. The molecular weight excluding hydrogens is 445 g/mol. The lowest BCUT2D eigenvalue weighted by atomic mass is 10.1. The molecule has 4 heterocycles. The maximum absolute atomic E-state index is 14.5. The van der Waals surface area contributed by atoms with Gasteiger partial charge in [0.05, 0.1) is 36.1 Å². The first-order valence-corrected chi connectivity index (χ1v) is 10.6. The highest BCUT2D eigenvalue weighted by Gasteiger charge is 2.21. The van der Waals surface area contributed by atoms with E-state index in [-0.39, 0.29) is 12.1 Å². The highest BCUT2D eigenvalue weighted by Crippen LogP contribution is 2.28. The van der Waals surface area contributed by atoms with Crippen molar-refractivity contribution in [2.24, 2.45) is 0 Å². The zero-order valence-electron chi connectivity index (χ0n) is 18.1. The first-order valence-electron chi connectivity index (χ1n) is 10.6. The van der Waals surface area contributed by atoms with Gasteiger partial charge in [-0.3, -0.25) is 4.68 Å². The van der Waals surface area contributed by atoms with E-state index in [0.717, 1.165) is 11.8 Å². The van der Waals surface area contributed by atoms with Gasteiger partial charge in [-0.05, 0) is 19.1 Å². The molecule has 5 rings (SSSR count). The number of aryl methyl sites for hydroxylation is 1. The van der Waals surface area contributed by atoms with Crippen molar-refractivity contribution in [2.75, 3.05) is 16.8 Å². The normalized spacial score (nSPS) is 13.2. The minimum Gasteiger partial charge on any atom is -0.365 e. The van der Waals surface area contributed by atoms with E-state index in [9.17, 15) is 13.2 Å². The number of nitriles is 1. The molecule has 11 heteroatoms. The summed E-state index contributed by atoms with van der Waals surface area (Å²) in [6.45, 7) is 3.52. The molecule has 0 bridgehead atoms. The van der Waals surface area contributed by atoms with Crippen molar-refractivity contribution < 1.29 is 13.2 Å². The summed E-state index contributed by atoms with van der Waals surface area (Å²) in [6.07, 6.45) is -1.24. The number of benzene rings is 1. The Balaban J connectivity index is 1.45. The number of nitrogens with zero attached hydrogens (tertiary/aromatic N) is 7. The van der Waals surface area contributed by atoms with Crippen LogP contribution in [0.2, 0.25) is 0 Å². The van der Waals surface area contributed by atoms with Crippen LogP contribution < -0.4 is 10.2 Å². The summed E-state index contributed by atoms with van der Waals surface area (Å²) in [5.74, 6) is 0.725. The largest absolute Gasteiger partial charge is 0.365 e. The first kappa shape index (κ1) is 21.6. The molecule has 1 aliphatic heterocycles. The molecule has 0 saturated carbocycles. The third kappa shape index (κ3) is 3.98. The smallest absolute Gasteiger partial charge is 0.266 e. The lowest BCUT2D eigenvalue weighted by Gasteiger charge is -2.28. The van der Waals surface area contributed by atoms with Crippen LogP contribution in [0.5, 0.6) is 0 Å². The molecule has 172 valence electrons. The van der Waals surface area contributed by atoms with Gasteiger partial charge in [0.15, 0.2) is 5.69 Å². The van der Waals surface area contributed by atoms with Crippen molar-refractivity contribution in [3.8, 4) is 6.07 Å². The quantitative estimate of drug-likeness (QED) is 0.475. The molecule has 4 aromatic rings. The number of alkyl halides is 2. The zero-order valence-corrected chi connectivity index (χ0v) is 18.1. The molecule has 34 heavy (non-hydrogen) atoms. The fourth-order valence-corrected chi connectivity index (χ4v) is 4.05. The maximum Gasteiger partial charge on any atom is 0.266 e. The Kier molecular flexibility index (Phi) is 5.49. The van der Waals surface area contributed by atoms with Crippen molar-refractivity contribution in [1.29, 1.82) is 5.26 Å². The highest BCUT2D eigenvalue weighted by molar-refractivity contribution is 5.90. The van der Waals surface area contributed by atoms with E-state index in [4.69, 9.17) is 5.26 Å². The third-order valence-electron chi connectivity index (χ3n) is 5.71. The number of nitrogens with one attached hydrogen (secondary N) is 1.